The highest BCUT2D eigenvalue weighted by molar-refractivity contribution is 6.04. The molecule has 0 aliphatic heterocycles. The Morgan fingerprint density at radius 1 is 1.19 bits per heavy atom. The van der Waals surface area contributed by atoms with Crippen molar-refractivity contribution in [3.05, 3.63) is 36.2 Å². The number of nitrogens with one attached hydrogen (secondary N) is 1. The summed E-state index contributed by atoms with van der Waals surface area (Å²) in [7, 11) is 0. The summed E-state index contributed by atoms with van der Waals surface area (Å²) in [6.45, 7) is 9.86. The fraction of sp³-hybridized carbons (Fsp3) is 0.478. The maximum absolute atomic E-state index is 12.9. The van der Waals surface area contributed by atoms with Crippen molar-refractivity contribution in [3.63, 3.8) is 0 Å². The molecule has 1 amide bonds. The number of carbonyl (C=O) groups excluding carboxylic acids is 2. The van der Waals surface area contributed by atoms with E-state index in [1.807, 2.05) is 20.8 Å². The third-order valence-electron chi connectivity index (χ3n) is 4.97. The summed E-state index contributed by atoms with van der Waals surface area (Å²) in [6.07, 6.45) is 5.04. The number of amides is 1. The SMILES string of the molecule is CC(C)CCC(C)NC(=O)COC(=O)c1cc(-c2ccco2)nc2c1cnn2C(C)C. The molecular formula is C23H30N4O4. The van der Waals surface area contributed by atoms with Crippen LogP contribution in [0.15, 0.2) is 35.1 Å². The van der Waals surface area contributed by atoms with Crippen molar-refractivity contribution in [1.29, 1.82) is 0 Å². The third kappa shape index (κ3) is 5.51. The van der Waals surface area contributed by atoms with E-state index in [2.05, 4.69) is 29.2 Å². The highest BCUT2D eigenvalue weighted by Crippen LogP contribution is 2.27. The third-order valence-corrected chi connectivity index (χ3v) is 4.97. The van der Waals surface area contributed by atoms with E-state index >= 15 is 0 Å². The van der Waals surface area contributed by atoms with Gasteiger partial charge >= 0.3 is 5.97 Å². The Labute approximate surface area is 182 Å². The number of hydrogen-bond acceptors (Lipinski definition) is 6. The first-order valence-corrected chi connectivity index (χ1v) is 10.6. The van der Waals surface area contributed by atoms with Crippen molar-refractivity contribution in [2.75, 3.05) is 6.61 Å². The molecule has 0 aromatic carbocycles. The monoisotopic (exact) mass is 426 g/mol. The average Bonchev–Trinajstić information content (AvgIpc) is 3.39. The number of esters is 1. The van der Waals surface area contributed by atoms with Gasteiger partial charge in [-0.2, -0.15) is 5.10 Å². The van der Waals surface area contributed by atoms with Crippen LogP contribution in [0.3, 0.4) is 0 Å². The van der Waals surface area contributed by atoms with Crippen molar-refractivity contribution in [3.8, 4) is 11.5 Å². The van der Waals surface area contributed by atoms with Crippen LogP contribution in [-0.2, 0) is 9.53 Å². The lowest BCUT2D eigenvalue weighted by Crippen LogP contribution is -2.36. The molecule has 1 unspecified atom stereocenters. The quantitative estimate of drug-likeness (QED) is 0.510. The first-order chi connectivity index (χ1) is 14.8. The molecular weight excluding hydrogens is 396 g/mol. The Bertz CT molecular complexity index is 1040. The van der Waals surface area contributed by atoms with Gasteiger partial charge in [0.2, 0.25) is 0 Å². The lowest BCUT2D eigenvalue weighted by molar-refractivity contribution is -0.124. The fourth-order valence-electron chi connectivity index (χ4n) is 3.30. The molecule has 8 heteroatoms. The van der Waals surface area contributed by atoms with Crippen LogP contribution in [0, 0.1) is 5.92 Å². The van der Waals surface area contributed by atoms with Crippen molar-refractivity contribution >= 4 is 22.9 Å². The van der Waals surface area contributed by atoms with Gasteiger partial charge in [0, 0.05) is 12.1 Å². The topological polar surface area (TPSA) is 99.2 Å². The molecule has 0 aliphatic rings. The summed E-state index contributed by atoms with van der Waals surface area (Å²) in [6, 6.07) is 5.21. The number of carbonyl (C=O) groups is 2. The van der Waals surface area contributed by atoms with Gasteiger partial charge in [-0.05, 0) is 57.7 Å². The molecule has 166 valence electrons. The van der Waals surface area contributed by atoms with Crippen LogP contribution in [0.2, 0.25) is 0 Å². The molecule has 3 aromatic rings. The molecule has 0 aliphatic carbocycles. The predicted octanol–water partition coefficient (Wildman–Crippen LogP) is 4.37. The molecule has 1 atom stereocenters. The Morgan fingerprint density at radius 2 is 1.97 bits per heavy atom. The Hall–Kier alpha value is -3.16. The summed E-state index contributed by atoms with van der Waals surface area (Å²) in [4.78, 5) is 29.7. The maximum Gasteiger partial charge on any atom is 0.339 e. The number of pyridine rings is 1. The number of aromatic nitrogens is 3. The van der Waals surface area contributed by atoms with Crippen molar-refractivity contribution in [2.24, 2.45) is 5.92 Å². The Kier molecular flexibility index (Phi) is 7.09. The number of furan rings is 1. The Balaban J connectivity index is 1.78. The minimum absolute atomic E-state index is 0.0241. The van der Waals surface area contributed by atoms with Crippen molar-refractivity contribution in [2.45, 2.75) is 59.5 Å². The lowest BCUT2D eigenvalue weighted by Gasteiger charge is -2.15. The van der Waals surface area contributed by atoms with Crippen LogP contribution < -0.4 is 5.32 Å². The molecule has 3 rings (SSSR count). The summed E-state index contributed by atoms with van der Waals surface area (Å²) in [5.74, 6) is 0.179. The summed E-state index contributed by atoms with van der Waals surface area (Å²) in [5, 5.41) is 7.81. The van der Waals surface area contributed by atoms with Gasteiger partial charge < -0.3 is 14.5 Å². The summed E-state index contributed by atoms with van der Waals surface area (Å²) >= 11 is 0. The molecule has 8 nitrogen and oxygen atoms in total. The van der Waals surface area contributed by atoms with Gasteiger partial charge in [0.15, 0.2) is 18.0 Å². The van der Waals surface area contributed by atoms with Gasteiger partial charge in [-0.25, -0.2) is 14.5 Å². The van der Waals surface area contributed by atoms with Gasteiger partial charge in [-0.1, -0.05) is 13.8 Å². The number of rotatable bonds is 9. The standard InChI is InChI=1S/C23H30N4O4/c1-14(2)8-9-16(5)25-21(28)13-31-23(29)17-11-19(20-7-6-10-30-20)26-22-18(17)12-24-27(22)15(3)4/h6-7,10-12,14-16H,8-9,13H2,1-5H3,(H,25,28). The van der Waals surface area contributed by atoms with E-state index in [4.69, 9.17) is 9.15 Å². The molecule has 1 N–H and O–H groups in total. The molecule has 0 radical (unpaired) electrons. The van der Waals surface area contributed by atoms with Gasteiger partial charge in [0.1, 0.15) is 5.69 Å². The summed E-state index contributed by atoms with van der Waals surface area (Å²) in [5.41, 5.74) is 1.35. The maximum atomic E-state index is 12.9. The van der Waals surface area contributed by atoms with E-state index < -0.39 is 5.97 Å². The van der Waals surface area contributed by atoms with E-state index in [-0.39, 0.29) is 24.6 Å². The molecule has 3 heterocycles. The Morgan fingerprint density at radius 3 is 2.61 bits per heavy atom. The molecule has 0 bridgehead atoms. The van der Waals surface area contributed by atoms with Crippen LogP contribution >= 0.6 is 0 Å². The number of ether oxygens (including phenoxy) is 1. The second-order valence-electron chi connectivity index (χ2n) is 8.47. The number of hydrogen-bond donors (Lipinski definition) is 1. The minimum atomic E-state index is -0.603. The van der Waals surface area contributed by atoms with E-state index in [0.717, 1.165) is 12.8 Å². The molecule has 31 heavy (non-hydrogen) atoms. The minimum Gasteiger partial charge on any atom is -0.463 e. The van der Waals surface area contributed by atoms with Gasteiger partial charge in [0.25, 0.3) is 5.91 Å². The first-order valence-electron chi connectivity index (χ1n) is 10.6. The number of fused-ring (bicyclic) bond motifs is 1. The van der Waals surface area contributed by atoms with E-state index in [1.165, 1.54) is 0 Å². The molecule has 3 aromatic heterocycles. The highest BCUT2D eigenvalue weighted by atomic mass is 16.5. The van der Waals surface area contributed by atoms with Crippen molar-refractivity contribution in [1.82, 2.24) is 20.1 Å². The zero-order valence-electron chi connectivity index (χ0n) is 18.7. The normalized spacial score (nSPS) is 12.5. The highest BCUT2D eigenvalue weighted by Gasteiger charge is 2.21. The molecule has 0 saturated heterocycles. The fourth-order valence-corrected chi connectivity index (χ4v) is 3.30. The van der Waals surface area contributed by atoms with Crippen molar-refractivity contribution < 1.29 is 18.7 Å². The van der Waals surface area contributed by atoms with E-state index in [0.29, 0.717) is 34.0 Å². The van der Waals surface area contributed by atoms with Gasteiger partial charge in [-0.15, -0.1) is 0 Å². The molecule has 0 fully saturated rings. The smallest absolute Gasteiger partial charge is 0.339 e. The van der Waals surface area contributed by atoms with Gasteiger partial charge in [-0.3, -0.25) is 4.79 Å². The first kappa shape index (κ1) is 22.5. The molecule has 0 saturated carbocycles. The van der Waals surface area contributed by atoms with Gasteiger partial charge in [0.05, 0.1) is 23.4 Å². The predicted molar refractivity (Wildman–Crippen MR) is 118 cm³/mol. The zero-order chi connectivity index (χ0) is 22.5. The van der Waals surface area contributed by atoms with Crippen LogP contribution in [0.4, 0.5) is 0 Å². The second-order valence-corrected chi connectivity index (χ2v) is 8.47. The second kappa shape index (κ2) is 9.76. The van der Waals surface area contributed by atoms with Crippen LogP contribution in [0.25, 0.3) is 22.5 Å². The zero-order valence-corrected chi connectivity index (χ0v) is 18.7. The largest absolute Gasteiger partial charge is 0.463 e. The summed E-state index contributed by atoms with van der Waals surface area (Å²) < 4.78 is 12.5. The average molecular weight is 427 g/mol. The van der Waals surface area contributed by atoms with Crippen LogP contribution in [-0.4, -0.2) is 39.3 Å². The van der Waals surface area contributed by atoms with Crippen LogP contribution in [0.5, 0.6) is 0 Å². The van der Waals surface area contributed by atoms with E-state index in [9.17, 15) is 9.59 Å². The lowest BCUT2D eigenvalue weighted by atomic mass is 10.0. The van der Waals surface area contributed by atoms with Crippen LogP contribution in [0.1, 0.15) is 63.9 Å². The van der Waals surface area contributed by atoms with E-state index in [1.54, 1.807) is 35.3 Å². The number of nitrogens with zero attached hydrogens (tertiary/aromatic N) is 3. The molecule has 0 spiro atoms.